The van der Waals surface area contributed by atoms with Gasteiger partial charge < -0.3 is 0 Å². The van der Waals surface area contributed by atoms with Crippen LogP contribution in [-0.4, -0.2) is 60.6 Å². The molecule has 1 aliphatic heterocycles. The van der Waals surface area contributed by atoms with Crippen molar-refractivity contribution in [3.05, 3.63) is 42.0 Å². The van der Waals surface area contributed by atoms with Gasteiger partial charge in [0.2, 0.25) is 0 Å². The number of amides is 1. The summed E-state index contributed by atoms with van der Waals surface area (Å²) >= 11 is 0.633. The van der Waals surface area contributed by atoms with Crippen LogP contribution in [0.4, 0.5) is 11.4 Å². The Labute approximate surface area is 150 Å². The zero-order valence-corrected chi connectivity index (χ0v) is 17.9. The van der Waals surface area contributed by atoms with Gasteiger partial charge in [0.25, 0.3) is 0 Å². The van der Waals surface area contributed by atoms with Crippen molar-refractivity contribution >= 4 is 53.4 Å². The maximum absolute atomic E-state index is 12.5. The van der Waals surface area contributed by atoms with Crippen LogP contribution < -0.4 is 9.62 Å². The summed E-state index contributed by atoms with van der Waals surface area (Å²) < 4.78 is 27.1. The Morgan fingerprint density at radius 2 is 2.22 bits per heavy atom. The van der Waals surface area contributed by atoms with Gasteiger partial charge >= 0.3 is 151 Å². The average Bonchev–Trinajstić information content (AvgIpc) is 3.03. The number of aromatic nitrogens is 2. The quantitative estimate of drug-likeness (QED) is 0.585. The molecule has 7 nitrogen and oxygen atoms in total. The van der Waals surface area contributed by atoms with Crippen LogP contribution in [0.15, 0.2) is 30.7 Å². The van der Waals surface area contributed by atoms with E-state index in [-0.39, 0.29) is 12.3 Å². The molecule has 0 spiro atoms. The number of carbonyl (C=O) groups excluding carboxylic acids is 1. The van der Waals surface area contributed by atoms with Gasteiger partial charge in [-0.1, -0.05) is 0 Å². The molecule has 0 atom stereocenters. The second-order valence-corrected chi connectivity index (χ2v) is 9.57. The summed E-state index contributed by atoms with van der Waals surface area (Å²) in [5.41, 5.74) is 3.05. The van der Waals surface area contributed by atoms with E-state index in [1.807, 2.05) is 14.6 Å². The van der Waals surface area contributed by atoms with Crippen molar-refractivity contribution in [3.8, 4) is 0 Å². The Morgan fingerprint density at radius 3 is 2.87 bits per heavy atom. The van der Waals surface area contributed by atoms with Crippen molar-refractivity contribution in [3.63, 3.8) is 0 Å². The molecule has 0 radical (unpaired) electrons. The van der Waals surface area contributed by atoms with Gasteiger partial charge in [0.05, 0.1) is 0 Å². The number of rotatable bonds is 4. The summed E-state index contributed by atoms with van der Waals surface area (Å²) in [5, 5.41) is 0. The predicted octanol–water partition coefficient (Wildman–Crippen LogP) is 0.318. The Bertz CT molecular complexity index is 863. The van der Waals surface area contributed by atoms with E-state index in [0.29, 0.717) is 38.3 Å². The number of benzene rings is 1. The van der Waals surface area contributed by atoms with Gasteiger partial charge in [0, 0.05) is 0 Å². The predicted molar refractivity (Wildman–Crippen MR) is 88.0 cm³/mol. The third-order valence-electron chi connectivity index (χ3n) is 3.57. The van der Waals surface area contributed by atoms with Gasteiger partial charge in [0.1, 0.15) is 0 Å². The number of anilines is 2. The summed E-state index contributed by atoms with van der Waals surface area (Å²) in [4.78, 5) is 18.5. The molecule has 0 saturated heterocycles. The standard InChI is InChI=1S/C14H15N4O3S.Tl/c1-22(20,21)17-11-3-2-10-4-5-18(13(10)6-11)14(19)7-12-8-15-9-16-12;/h2-3,6,8-9,17H,4-5,7H2,1H3;/q-1;+1. The molecular weight excluding hydrogens is 509 g/mol. The minimum atomic E-state index is -3.34. The fourth-order valence-electron chi connectivity index (χ4n) is 2.64. The molecular formula is C14H15N4O3STl. The molecule has 2 aromatic rings. The van der Waals surface area contributed by atoms with E-state index in [4.69, 9.17) is 0 Å². The van der Waals surface area contributed by atoms with Crippen molar-refractivity contribution in [1.82, 2.24) is 7.36 Å². The first-order valence-corrected chi connectivity index (χ1v) is 10.9. The van der Waals surface area contributed by atoms with E-state index in [0.717, 1.165) is 29.6 Å². The van der Waals surface area contributed by atoms with Crippen LogP contribution in [0.1, 0.15) is 11.3 Å². The van der Waals surface area contributed by atoms with Gasteiger partial charge in [-0.2, -0.15) is 0 Å². The first kappa shape index (κ1) is 16.4. The van der Waals surface area contributed by atoms with Crippen LogP contribution in [0, 0.1) is 0 Å². The third-order valence-corrected chi connectivity index (χ3v) is 5.28. The zero-order chi connectivity index (χ0) is 16.6. The van der Waals surface area contributed by atoms with Gasteiger partial charge in [-0.25, -0.2) is 0 Å². The summed E-state index contributed by atoms with van der Waals surface area (Å²) in [5.74, 6) is -0.0241. The molecule has 3 rings (SSSR count). The Hall–Kier alpha value is -1.43. The molecule has 0 saturated carbocycles. The SMILES string of the molecule is CS(=O)(=O)Nc1ccc2c(c1)N(C(=O)Cc1c[n]([Tl])cn1)CC2. The second kappa shape index (κ2) is 6.23. The van der Waals surface area contributed by atoms with Crippen molar-refractivity contribution < 1.29 is 13.2 Å². The van der Waals surface area contributed by atoms with Crippen LogP contribution in [0.3, 0.4) is 0 Å². The number of hydrogen-bond donors (Lipinski definition) is 1. The number of fused-ring (bicyclic) bond motifs is 1. The van der Waals surface area contributed by atoms with E-state index in [9.17, 15) is 13.2 Å². The normalized spacial score (nSPS) is 13.8. The van der Waals surface area contributed by atoms with E-state index in [1.54, 1.807) is 23.4 Å². The molecule has 118 valence electrons. The first-order valence-electron chi connectivity index (χ1n) is 7.01. The van der Waals surface area contributed by atoms with E-state index in [2.05, 4.69) is 9.71 Å². The van der Waals surface area contributed by atoms with Gasteiger partial charge in [-0.05, 0) is 0 Å². The molecule has 1 N–H and O–H groups in total. The van der Waals surface area contributed by atoms with Crippen molar-refractivity contribution in [2.75, 3.05) is 22.4 Å². The summed E-state index contributed by atoms with van der Waals surface area (Å²) in [6.07, 6.45) is 5.76. The number of nitrogens with one attached hydrogen (secondary N) is 1. The molecule has 0 unspecified atom stereocenters. The minimum absolute atomic E-state index is 0.0241. The monoisotopic (exact) mass is 524 g/mol. The summed E-state index contributed by atoms with van der Waals surface area (Å²) in [7, 11) is -3.34. The Balaban J connectivity index is 1.82. The van der Waals surface area contributed by atoms with E-state index < -0.39 is 10.0 Å². The van der Waals surface area contributed by atoms with Crippen LogP contribution in [-0.2, 0) is 27.7 Å². The third kappa shape index (κ3) is 3.92. The Morgan fingerprint density at radius 1 is 1.43 bits per heavy atom. The van der Waals surface area contributed by atoms with Crippen LogP contribution in [0.5, 0.6) is 0 Å². The number of carbonyl (C=O) groups is 1. The molecule has 1 amide bonds. The molecule has 23 heavy (non-hydrogen) atoms. The topological polar surface area (TPSA) is 84.3 Å². The van der Waals surface area contributed by atoms with Crippen molar-refractivity contribution in [2.45, 2.75) is 12.8 Å². The molecule has 1 aliphatic rings. The summed E-state index contributed by atoms with van der Waals surface area (Å²) in [6, 6.07) is 5.30. The molecule has 1 aromatic carbocycles. The number of hydrogen-bond acceptors (Lipinski definition) is 4. The zero-order valence-electron chi connectivity index (χ0n) is 12.6. The van der Waals surface area contributed by atoms with Gasteiger partial charge in [-0.3, -0.25) is 0 Å². The summed E-state index contributed by atoms with van der Waals surface area (Å²) in [6.45, 7) is 0.611. The fraction of sp³-hybridized carbons (Fsp3) is 0.286. The van der Waals surface area contributed by atoms with Crippen molar-refractivity contribution in [2.24, 2.45) is 0 Å². The number of nitrogens with zero attached hydrogens (tertiary/aromatic N) is 3. The van der Waals surface area contributed by atoms with Gasteiger partial charge in [0.15, 0.2) is 0 Å². The van der Waals surface area contributed by atoms with Crippen molar-refractivity contribution in [1.29, 1.82) is 0 Å². The van der Waals surface area contributed by atoms with Crippen LogP contribution in [0.2, 0.25) is 0 Å². The number of imidazole rings is 1. The first-order chi connectivity index (χ1) is 10.8. The van der Waals surface area contributed by atoms with Gasteiger partial charge in [-0.15, -0.1) is 0 Å². The molecule has 2 heterocycles. The molecule has 9 heteroatoms. The Kier molecular flexibility index (Phi) is 4.45. The second-order valence-electron chi connectivity index (χ2n) is 5.50. The fourth-order valence-corrected chi connectivity index (χ4v) is 4.12. The molecule has 0 fully saturated rings. The van der Waals surface area contributed by atoms with Crippen LogP contribution in [0.25, 0.3) is 0 Å². The van der Waals surface area contributed by atoms with E-state index in [1.165, 1.54) is 0 Å². The molecule has 0 aliphatic carbocycles. The van der Waals surface area contributed by atoms with Crippen LogP contribution >= 0.6 is 0 Å². The maximum atomic E-state index is 12.5. The molecule has 0 bridgehead atoms. The average molecular weight is 524 g/mol. The van der Waals surface area contributed by atoms with E-state index >= 15 is 0 Å². The number of sulfonamides is 1. The molecule has 1 aromatic heterocycles.